The lowest BCUT2D eigenvalue weighted by molar-refractivity contribution is -0.132. The molecule has 180 valence electrons. The van der Waals surface area contributed by atoms with Crippen molar-refractivity contribution >= 4 is 39.9 Å². The molecule has 1 fully saturated rings. The molecule has 0 spiro atoms. The number of ketones is 1. The number of Topliss-reactive ketones (excluding diaryl/α,β-unsaturated/α-hetero) is 1. The van der Waals surface area contributed by atoms with E-state index in [2.05, 4.69) is 4.98 Å². The summed E-state index contributed by atoms with van der Waals surface area (Å²) in [6.45, 7) is 5.31. The second kappa shape index (κ2) is 9.71. The number of amides is 1. The van der Waals surface area contributed by atoms with Gasteiger partial charge in [0.2, 0.25) is 0 Å². The van der Waals surface area contributed by atoms with E-state index in [-0.39, 0.29) is 27.9 Å². The van der Waals surface area contributed by atoms with Crippen molar-refractivity contribution in [3.05, 3.63) is 81.4 Å². The van der Waals surface area contributed by atoms with E-state index < -0.39 is 23.7 Å². The Kier molecular flexibility index (Phi) is 6.70. The molecule has 1 amide bonds. The molecule has 1 unspecified atom stereocenters. The van der Waals surface area contributed by atoms with Crippen LogP contribution in [0.3, 0.4) is 0 Å². The highest BCUT2D eigenvalue weighted by molar-refractivity contribution is 7.17. The van der Waals surface area contributed by atoms with Gasteiger partial charge in [0.25, 0.3) is 5.78 Å². The number of ether oxygens (including phenoxy) is 2. The van der Waals surface area contributed by atoms with Crippen LogP contribution < -0.4 is 9.64 Å². The number of nitrogens with zero attached hydrogens (tertiary/aromatic N) is 2. The highest BCUT2D eigenvalue weighted by atomic mass is 32.1. The van der Waals surface area contributed by atoms with E-state index in [1.54, 1.807) is 63.2 Å². The maximum atomic E-state index is 13.3. The van der Waals surface area contributed by atoms with Crippen LogP contribution in [0.5, 0.6) is 5.75 Å². The second-order valence-electron chi connectivity index (χ2n) is 7.89. The monoisotopic (exact) mass is 492 g/mol. The van der Waals surface area contributed by atoms with Gasteiger partial charge in [-0.3, -0.25) is 14.5 Å². The Bertz CT molecular complexity index is 1350. The Hall–Kier alpha value is -3.98. The minimum Gasteiger partial charge on any atom is -0.507 e. The van der Waals surface area contributed by atoms with E-state index >= 15 is 0 Å². The van der Waals surface area contributed by atoms with E-state index in [1.807, 2.05) is 6.07 Å². The number of carbonyl (C=O) groups is 3. The maximum Gasteiger partial charge on any atom is 0.350 e. The number of thiazole rings is 1. The van der Waals surface area contributed by atoms with E-state index in [9.17, 15) is 19.5 Å². The summed E-state index contributed by atoms with van der Waals surface area (Å²) in [4.78, 5) is 44.9. The summed E-state index contributed by atoms with van der Waals surface area (Å²) >= 11 is 0.973. The zero-order chi connectivity index (χ0) is 25.3. The number of methoxy groups -OCH3 is 1. The van der Waals surface area contributed by atoms with Crippen LogP contribution in [0.25, 0.3) is 5.76 Å². The van der Waals surface area contributed by atoms with Crippen LogP contribution in [0, 0.1) is 13.8 Å². The van der Waals surface area contributed by atoms with Crippen LogP contribution in [0.1, 0.15) is 45.0 Å². The number of rotatable bonds is 6. The second-order valence-corrected chi connectivity index (χ2v) is 8.87. The topological polar surface area (TPSA) is 106 Å². The van der Waals surface area contributed by atoms with Crippen LogP contribution in [-0.2, 0) is 14.3 Å². The highest BCUT2D eigenvalue weighted by Gasteiger charge is 2.48. The van der Waals surface area contributed by atoms with Gasteiger partial charge in [0.1, 0.15) is 16.4 Å². The summed E-state index contributed by atoms with van der Waals surface area (Å²) < 4.78 is 10.3. The summed E-state index contributed by atoms with van der Waals surface area (Å²) in [5.41, 5.74) is 2.04. The molecule has 0 aliphatic carbocycles. The van der Waals surface area contributed by atoms with Crippen molar-refractivity contribution in [3.63, 3.8) is 0 Å². The fourth-order valence-corrected chi connectivity index (χ4v) is 5.01. The predicted octanol–water partition coefficient (Wildman–Crippen LogP) is 4.57. The number of hydrogen-bond acceptors (Lipinski definition) is 8. The van der Waals surface area contributed by atoms with Gasteiger partial charge in [-0.25, -0.2) is 9.78 Å². The number of benzene rings is 2. The van der Waals surface area contributed by atoms with Crippen LogP contribution in [0.15, 0.2) is 54.1 Å². The number of aromatic nitrogens is 1. The predicted molar refractivity (Wildman–Crippen MR) is 132 cm³/mol. The summed E-state index contributed by atoms with van der Waals surface area (Å²) in [6.07, 6.45) is 0. The quantitative estimate of drug-likeness (QED) is 0.232. The summed E-state index contributed by atoms with van der Waals surface area (Å²) in [5.74, 6) is -1.91. The SMILES string of the molecule is CCOC(=O)c1sc(N2C(=O)C(=O)C(=C(O)c3ccc(OC)cc3C)C2c2ccccc2)nc1C. The summed E-state index contributed by atoms with van der Waals surface area (Å²) in [5, 5.41) is 11.5. The fourth-order valence-electron chi connectivity index (χ4n) is 4.03. The number of esters is 1. The molecule has 4 rings (SSSR count). The number of aliphatic hydroxyl groups is 1. The first-order valence-electron chi connectivity index (χ1n) is 10.9. The molecule has 2 aromatic carbocycles. The standard InChI is InChI=1S/C26H24N2O6S/c1-5-34-25(32)23-15(3)27-26(35-23)28-20(16-9-7-6-8-10-16)19(22(30)24(28)31)21(29)18-12-11-17(33-4)13-14(18)2/h6-13,20,29H,5H2,1-4H3. The molecule has 0 radical (unpaired) electrons. The van der Waals surface area contributed by atoms with Crippen LogP contribution in [-0.4, -0.2) is 41.5 Å². The van der Waals surface area contributed by atoms with Crippen molar-refractivity contribution in [2.24, 2.45) is 0 Å². The van der Waals surface area contributed by atoms with Gasteiger partial charge in [-0.2, -0.15) is 0 Å². The molecule has 9 heteroatoms. The third-order valence-corrected chi connectivity index (χ3v) is 6.84. The summed E-state index contributed by atoms with van der Waals surface area (Å²) in [6, 6.07) is 13.0. The summed E-state index contributed by atoms with van der Waals surface area (Å²) in [7, 11) is 1.54. The van der Waals surface area contributed by atoms with Gasteiger partial charge >= 0.3 is 11.9 Å². The molecule has 8 nitrogen and oxygen atoms in total. The first-order valence-corrected chi connectivity index (χ1v) is 11.8. The molecule has 1 saturated heterocycles. The van der Waals surface area contributed by atoms with Crippen molar-refractivity contribution < 1.29 is 29.0 Å². The smallest absolute Gasteiger partial charge is 0.350 e. The van der Waals surface area contributed by atoms with Crippen molar-refractivity contribution in [2.45, 2.75) is 26.8 Å². The van der Waals surface area contributed by atoms with Crippen LogP contribution >= 0.6 is 11.3 Å². The number of anilines is 1. The Morgan fingerprint density at radius 3 is 2.49 bits per heavy atom. The maximum absolute atomic E-state index is 13.3. The van der Waals surface area contributed by atoms with Gasteiger partial charge < -0.3 is 14.6 Å². The number of aliphatic hydroxyl groups excluding tert-OH is 1. The van der Waals surface area contributed by atoms with E-state index in [4.69, 9.17) is 9.47 Å². The average Bonchev–Trinajstić information content (AvgIpc) is 3.36. The number of carbonyl (C=O) groups excluding carboxylic acids is 3. The molecule has 1 aromatic heterocycles. The molecule has 2 heterocycles. The molecule has 35 heavy (non-hydrogen) atoms. The molecule has 1 aliphatic rings. The van der Waals surface area contributed by atoms with Gasteiger partial charge in [-0.1, -0.05) is 41.7 Å². The third kappa shape index (κ3) is 4.30. The Labute approximate surface area is 206 Å². The van der Waals surface area contributed by atoms with Gasteiger partial charge in [0, 0.05) is 5.56 Å². The molecule has 1 aliphatic heterocycles. The molecular weight excluding hydrogens is 468 g/mol. The van der Waals surface area contributed by atoms with Crippen LogP contribution in [0.4, 0.5) is 5.13 Å². The van der Waals surface area contributed by atoms with Crippen molar-refractivity contribution in [2.75, 3.05) is 18.6 Å². The molecule has 0 bridgehead atoms. The minimum absolute atomic E-state index is 0.0556. The van der Waals surface area contributed by atoms with E-state index in [0.717, 1.165) is 11.3 Å². The van der Waals surface area contributed by atoms with Gasteiger partial charge in [0.15, 0.2) is 5.13 Å². The van der Waals surface area contributed by atoms with Crippen molar-refractivity contribution in [1.82, 2.24) is 4.98 Å². The Morgan fingerprint density at radius 2 is 1.86 bits per heavy atom. The first-order chi connectivity index (χ1) is 16.8. The van der Waals surface area contributed by atoms with Gasteiger partial charge in [-0.15, -0.1) is 0 Å². The highest BCUT2D eigenvalue weighted by Crippen LogP contribution is 2.44. The molecule has 1 N–H and O–H groups in total. The van der Waals surface area contributed by atoms with Crippen molar-refractivity contribution in [3.8, 4) is 5.75 Å². The Balaban J connectivity index is 1.91. The molecule has 3 aromatic rings. The molecule has 0 saturated carbocycles. The lowest BCUT2D eigenvalue weighted by atomic mass is 9.94. The third-order valence-electron chi connectivity index (χ3n) is 5.70. The normalized spacial score (nSPS) is 17.0. The van der Waals surface area contributed by atoms with Gasteiger partial charge in [0.05, 0.1) is 31.0 Å². The number of aryl methyl sites for hydroxylation is 2. The molecular formula is C26H24N2O6S. The fraction of sp³-hybridized carbons (Fsp3) is 0.231. The van der Waals surface area contributed by atoms with Gasteiger partial charge in [-0.05, 0) is 50.1 Å². The average molecular weight is 493 g/mol. The number of hydrogen-bond donors (Lipinski definition) is 1. The zero-order valence-corrected chi connectivity index (χ0v) is 20.5. The minimum atomic E-state index is -0.932. The zero-order valence-electron chi connectivity index (χ0n) is 19.7. The van der Waals surface area contributed by atoms with Crippen LogP contribution in [0.2, 0.25) is 0 Å². The molecule has 1 atom stereocenters. The van der Waals surface area contributed by atoms with E-state index in [1.165, 1.54) is 12.0 Å². The van der Waals surface area contributed by atoms with Crippen molar-refractivity contribution in [1.29, 1.82) is 0 Å². The largest absolute Gasteiger partial charge is 0.507 e. The lowest BCUT2D eigenvalue weighted by Crippen LogP contribution is -2.29. The lowest BCUT2D eigenvalue weighted by Gasteiger charge is -2.23. The first kappa shape index (κ1) is 24.2. The Morgan fingerprint density at radius 1 is 1.14 bits per heavy atom. The van der Waals surface area contributed by atoms with E-state index in [0.29, 0.717) is 28.1 Å².